The van der Waals surface area contributed by atoms with Crippen LogP contribution in [-0.2, 0) is 0 Å². The standard InChI is InChI=1S/C20H33N3O/c1-23(2)20(15-7-4-8-16(13-15)24-3)14-22-19-10-5-9-17(19)18-11-6-12-21-18/h4,7-8,13,17-22H,5-6,9-12,14H2,1-3H3. The first-order valence-corrected chi connectivity index (χ1v) is 9.46. The van der Waals surface area contributed by atoms with E-state index in [1.54, 1.807) is 7.11 Å². The fourth-order valence-electron chi connectivity index (χ4n) is 4.51. The molecule has 0 aromatic heterocycles. The van der Waals surface area contributed by atoms with Gasteiger partial charge in [0.1, 0.15) is 5.75 Å². The summed E-state index contributed by atoms with van der Waals surface area (Å²) in [6, 6.07) is 10.2. The first-order valence-electron chi connectivity index (χ1n) is 9.46. The van der Waals surface area contributed by atoms with Crippen LogP contribution in [0.2, 0.25) is 0 Å². The van der Waals surface area contributed by atoms with E-state index in [4.69, 9.17) is 4.74 Å². The van der Waals surface area contributed by atoms with Crippen molar-refractivity contribution < 1.29 is 4.74 Å². The van der Waals surface area contributed by atoms with Crippen LogP contribution < -0.4 is 15.4 Å². The molecule has 4 nitrogen and oxygen atoms in total. The first-order chi connectivity index (χ1) is 11.7. The van der Waals surface area contributed by atoms with E-state index in [1.807, 2.05) is 6.07 Å². The second-order valence-corrected chi connectivity index (χ2v) is 7.57. The van der Waals surface area contributed by atoms with Crippen LogP contribution in [0.15, 0.2) is 24.3 Å². The molecule has 1 heterocycles. The van der Waals surface area contributed by atoms with Gasteiger partial charge < -0.3 is 20.3 Å². The lowest BCUT2D eigenvalue weighted by molar-refractivity contribution is 0.255. The average molecular weight is 332 g/mol. The summed E-state index contributed by atoms with van der Waals surface area (Å²) in [7, 11) is 6.06. The summed E-state index contributed by atoms with van der Waals surface area (Å²) < 4.78 is 5.40. The quantitative estimate of drug-likeness (QED) is 0.805. The average Bonchev–Trinajstić information content (AvgIpc) is 3.26. The van der Waals surface area contributed by atoms with Gasteiger partial charge in [0.25, 0.3) is 0 Å². The Balaban J connectivity index is 1.63. The zero-order chi connectivity index (χ0) is 16.9. The maximum absolute atomic E-state index is 5.40. The molecule has 2 N–H and O–H groups in total. The number of methoxy groups -OCH3 is 1. The van der Waals surface area contributed by atoms with E-state index in [-0.39, 0.29) is 0 Å². The predicted octanol–water partition coefficient (Wildman–Crippen LogP) is 2.81. The second-order valence-electron chi connectivity index (χ2n) is 7.57. The monoisotopic (exact) mass is 331 g/mol. The second kappa shape index (κ2) is 8.32. The molecule has 2 fully saturated rings. The molecule has 1 saturated heterocycles. The number of likely N-dealkylation sites (N-methyl/N-ethyl adjacent to an activating group) is 1. The molecule has 4 heteroatoms. The molecule has 2 aliphatic rings. The fraction of sp³-hybridized carbons (Fsp3) is 0.700. The highest BCUT2D eigenvalue weighted by Gasteiger charge is 2.35. The largest absolute Gasteiger partial charge is 0.497 e. The van der Waals surface area contributed by atoms with E-state index in [0.29, 0.717) is 12.1 Å². The van der Waals surface area contributed by atoms with Gasteiger partial charge in [0.15, 0.2) is 0 Å². The molecule has 4 unspecified atom stereocenters. The Hall–Kier alpha value is -1.10. The summed E-state index contributed by atoms with van der Waals surface area (Å²) in [6.45, 7) is 2.20. The zero-order valence-corrected chi connectivity index (χ0v) is 15.4. The molecule has 134 valence electrons. The van der Waals surface area contributed by atoms with Crippen molar-refractivity contribution in [2.75, 3.05) is 34.3 Å². The molecular weight excluding hydrogens is 298 g/mol. The number of hydrogen-bond donors (Lipinski definition) is 2. The van der Waals surface area contributed by atoms with Crippen LogP contribution in [0.1, 0.15) is 43.7 Å². The third-order valence-corrected chi connectivity index (χ3v) is 5.86. The van der Waals surface area contributed by atoms with E-state index >= 15 is 0 Å². The van der Waals surface area contributed by atoms with Crippen molar-refractivity contribution in [2.24, 2.45) is 5.92 Å². The van der Waals surface area contributed by atoms with Gasteiger partial charge in [-0.1, -0.05) is 18.6 Å². The minimum absolute atomic E-state index is 0.373. The smallest absolute Gasteiger partial charge is 0.119 e. The highest BCUT2D eigenvalue weighted by atomic mass is 16.5. The summed E-state index contributed by atoms with van der Waals surface area (Å²) in [6.07, 6.45) is 6.77. The lowest BCUT2D eigenvalue weighted by Crippen LogP contribution is -2.44. The fourth-order valence-corrected chi connectivity index (χ4v) is 4.51. The van der Waals surface area contributed by atoms with Crippen molar-refractivity contribution in [3.63, 3.8) is 0 Å². The van der Waals surface area contributed by atoms with Crippen molar-refractivity contribution in [1.29, 1.82) is 0 Å². The Bertz CT molecular complexity index is 513. The molecule has 0 radical (unpaired) electrons. The van der Waals surface area contributed by atoms with E-state index in [2.05, 4.69) is 47.8 Å². The number of nitrogens with one attached hydrogen (secondary N) is 2. The first kappa shape index (κ1) is 17.7. The number of benzene rings is 1. The van der Waals surface area contributed by atoms with Crippen molar-refractivity contribution in [1.82, 2.24) is 15.5 Å². The lowest BCUT2D eigenvalue weighted by Gasteiger charge is -2.31. The Morgan fingerprint density at radius 3 is 2.83 bits per heavy atom. The Morgan fingerprint density at radius 1 is 1.25 bits per heavy atom. The summed E-state index contributed by atoms with van der Waals surface area (Å²) in [5, 5.41) is 7.62. The number of rotatable bonds is 7. The zero-order valence-electron chi connectivity index (χ0n) is 15.4. The molecule has 24 heavy (non-hydrogen) atoms. The molecule has 1 aromatic carbocycles. The number of nitrogens with zero attached hydrogens (tertiary/aromatic N) is 1. The van der Waals surface area contributed by atoms with Gasteiger partial charge in [-0.05, 0) is 69.9 Å². The number of hydrogen-bond acceptors (Lipinski definition) is 4. The van der Waals surface area contributed by atoms with Gasteiger partial charge in [0.2, 0.25) is 0 Å². The predicted molar refractivity (Wildman–Crippen MR) is 99.6 cm³/mol. The molecule has 0 amide bonds. The normalized spacial score (nSPS) is 28.4. The molecule has 1 aliphatic heterocycles. The molecule has 0 bridgehead atoms. The van der Waals surface area contributed by atoms with Crippen molar-refractivity contribution in [3.8, 4) is 5.75 Å². The van der Waals surface area contributed by atoms with Gasteiger partial charge in [0.05, 0.1) is 7.11 Å². The van der Waals surface area contributed by atoms with Crippen LogP contribution in [0.3, 0.4) is 0 Å². The van der Waals surface area contributed by atoms with Gasteiger partial charge in [-0.15, -0.1) is 0 Å². The van der Waals surface area contributed by atoms with Gasteiger partial charge in [0, 0.05) is 24.7 Å². The third kappa shape index (κ3) is 4.11. The van der Waals surface area contributed by atoms with Crippen LogP contribution in [0, 0.1) is 5.92 Å². The SMILES string of the molecule is COc1cccc(C(CNC2CCCC2C2CCCN2)N(C)C)c1. The molecular formula is C20H33N3O. The molecule has 4 atom stereocenters. The maximum Gasteiger partial charge on any atom is 0.119 e. The minimum Gasteiger partial charge on any atom is -0.497 e. The van der Waals surface area contributed by atoms with Crippen molar-refractivity contribution in [3.05, 3.63) is 29.8 Å². The van der Waals surface area contributed by atoms with Crippen LogP contribution in [0.25, 0.3) is 0 Å². The topological polar surface area (TPSA) is 36.5 Å². The Labute approximate surface area is 147 Å². The molecule has 3 rings (SSSR count). The van der Waals surface area contributed by atoms with Crippen LogP contribution in [0.5, 0.6) is 5.75 Å². The highest BCUT2D eigenvalue weighted by molar-refractivity contribution is 5.30. The summed E-state index contributed by atoms with van der Waals surface area (Å²) >= 11 is 0. The van der Waals surface area contributed by atoms with Gasteiger partial charge in [-0.2, -0.15) is 0 Å². The third-order valence-electron chi connectivity index (χ3n) is 5.86. The molecule has 1 aliphatic carbocycles. The lowest BCUT2D eigenvalue weighted by atomic mass is 9.92. The maximum atomic E-state index is 5.40. The Kier molecular flexibility index (Phi) is 6.14. The van der Waals surface area contributed by atoms with E-state index in [1.165, 1.54) is 44.2 Å². The van der Waals surface area contributed by atoms with Gasteiger partial charge in [-0.3, -0.25) is 0 Å². The minimum atomic E-state index is 0.373. The van der Waals surface area contributed by atoms with Crippen molar-refractivity contribution >= 4 is 0 Å². The Morgan fingerprint density at radius 2 is 2.12 bits per heavy atom. The van der Waals surface area contributed by atoms with Crippen LogP contribution >= 0.6 is 0 Å². The van der Waals surface area contributed by atoms with E-state index in [9.17, 15) is 0 Å². The van der Waals surface area contributed by atoms with E-state index < -0.39 is 0 Å². The molecule has 1 saturated carbocycles. The molecule has 1 aromatic rings. The van der Waals surface area contributed by atoms with Crippen molar-refractivity contribution in [2.45, 2.75) is 50.2 Å². The summed E-state index contributed by atoms with van der Waals surface area (Å²) in [4.78, 5) is 2.31. The van der Waals surface area contributed by atoms with Crippen LogP contribution in [0.4, 0.5) is 0 Å². The van der Waals surface area contributed by atoms with Gasteiger partial charge in [-0.25, -0.2) is 0 Å². The van der Waals surface area contributed by atoms with Crippen LogP contribution in [-0.4, -0.2) is 51.3 Å². The molecule has 0 spiro atoms. The highest BCUT2D eigenvalue weighted by Crippen LogP contribution is 2.32. The van der Waals surface area contributed by atoms with E-state index in [0.717, 1.165) is 24.3 Å². The van der Waals surface area contributed by atoms with Gasteiger partial charge >= 0.3 is 0 Å². The number of ether oxygens (including phenoxy) is 1. The summed E-state index contributed by atoms with van der Waals surface area (Å²) in [5.41, 5.74) is 1.32. The summed E-state index contributed by atoms with van der Waals surface area (Å²) in [5.74, 6) is 1.74.